The molecule has 8 heteroatoms. The molecule has 0 aromatic heterocycles. The molecule has 0 spiro atoms. The zero-order chi connectivity index (χ0) is 22.9. The molecule has 1 saturated heterocycles. The molecule has 1 fully saturated rings. The summed E-state index contributed by atoms with van der Waals surface area (Å²) in [5.74, 6) is -0.0980. The van der Waals surface area contributed by atoms with E-state index in [4.69, 9.17) is 23.8 Å². The van der Waals surface area contributed by atoms with Gasteiger partial charge in [-0.1, -0.05) is 24.3 Å². The number of nitrogens with one attached hydrogen (secondary N) is 1. The topological polar surface area (TPSA) is 75.3 Å². The number of quaternary nitrogens is 1. The molecular formula is C24H35N2O6+. The number of methoxy groups -OCH3 is 2. The minimum Gasteiger partial charge on any atom is -0.383 e. The predicted octanol–water partition coefficient (Wildman–Crippen LogP) is 2.35. The molecule has 1 heterocycles. The van der Waals surface area contributed by atoms with Gasteiger partial charge in [0.25, 0.3) is 5.91 Å². The van der Waals surface area contributed by atoms with Gasteiger partial charge in [0.1, 0.15) is 6.54 Å². The van der Waals surface area contributed by atoms with E-state index in [-0.39, 0.29) is 10.6 Å². The zero-order valence-corrected chi connectivity index (χ0v) is 19.3. The van der Waals surface area contributed by atoms with Crippen molar-refractivity contribution in [1.82, 2.24) is 9.96 Å². The summed E-state index contributed by atoms with van der Waals surface area (Å²) in [6.07, 6.45) is 4.56. The fourth-order valence-corrected chi connectivity index (χ4v) is 4.03. The van der Waals surface area contributed by atoms with Crippen LogP contribution >= 0.6 is 0 Å². The van der Waals surface area contributed by atoms with Crippen molar-refractivity contribution in [2.45, 2.75) is 18.9 Å². The third-order valence-electron chi connectivity index (χ3n) is 5.67. The van der Waals surface area contributed by atoms with Crippen LogP contribution in [0.4, 0.5) is 5.69 Å². The first kappa shape index (κ1) is 24.6. The van der Waals surface area contributed by atoms with E-state index in [0.29, 0.717) is 64.7 Å². The van der Waals surface area contributed by atoms with E-state index in [1.165, 1.54) is 0 Å². The molecule has 8 nitrogen and oxygen atoms in total. The zero-order valence-electron chi connectivity index (χ0n) is 19.3. The number of ether oxygens (including phenoxy) is 4. The van der Waals surface area contributed by atoms with Crippen LogP contribution in [0, 0.1) is 0 Å². The van der Waals surface area contributed by atoms with Gasteiger partial charge in [0.05, 0.1) is 39.6 Å². The lowest BCUT2D eigenvalue weighted by Crippen LogP contribution is -2.70. The maximum Gasteiger partial charge on any atom is 0.251 e. The van der Waals surface area contributed by atoms with E-state index < -0.39 is 5.60 Å². The Morgan fingerprint density at radius 3 is 2.44 bits per heavy atom. The van der Waals surface area contributed by atoms with Crippen molar-refractivity contribution >= 4 is 11.6 Å². The molecule has 1 aliphatic carbocycles. The van der Waals surface area contributed by atoms with Gasteiger partial charge >= 0.3 is 0 Å². The van der Waals surface area contributed by atoms with Gasteiger partial charge < -0.3 is 24.3 Å². The van der Waals surface area contributed by atoms with E-state index in [1.807, 2.05) is 42.5 Å². The standard InChI is InChI=1S/C24H34N2O6/c1-24-10-9-20(23(27)25-11-13-28-2)19-22(24)26(32-24,21-7-5-4-6-8-21)12-14-30-17-18-31-16-15-29-3/h4-9,19H,10-18H2,1-3H3/p+1. The predicted molar refractivity (Wildman–Crippen MR) is 122 cm³/mol. The van der Waals surface area contributed by atoms with Crippen molar-refractivity contribution in [2.75, 3.05) is 67.0 Å². The SMILES string of the molecule is COCCNC(=O)C1=CCC2(C)O[N+](CCOCCOCCOC)(c3ccccc3)C2=C1. The Balaban J connectivity index is 1.69. The first-order chi connectivity index (χ1) is 15.6. The summed E-state index contributed by atoms with van der Waals surface area (Å²) in [6.45, 7) is 6.27. The minimum absolute atomic E-state index is 0.0980. The lowest BCUT2D eigenvalue weighted by Gasteiger charge is -2.54. The molecule has 1 aromatic carbocycles. The second kappa shape index (κ2) is 11.7. The van der Waals surface area contributed by atoms with E-state index in [1.54, 1.807) is 14.2 Å². The van der Waals surface area contributed by atoms with Crippen LogP contribution < -0.4 is 9.96 Å². The van der Waals surface area contributed by atoms with Gasteiger partial charge in [-0.05, 0) is 6.92 Å². The molecule has 3 rings (SSSR count). The van der Waals surface area contributed by atoms with Gasteiger partial charge in [0.15, 0.2) is 11.4 Å². The fraction of sp³-hybridized carbons (Fsp3) is 0.542. The average Bonchev–Trinajstić information content (AvgIpc) is 2.80. The number of hydrogen-bond acceptors (Lipinski definition) is 6. The van der Waals surface area contributed by atoms with Crippen LogP contribution in [0.5, 0.6) is 0 Å². The molecule has 176 valence electrons. The highest BCUT2D eigenvalue weighted by molar-refractivity contribution is 5.97. The van der Waals surface area contributed by atoms with Crippen LogP contribution in [0.1, 0.15) is 13.3 Å². The van der Waals surface area contributed by atoms with Crippen molar-refractivity contribution in [3.05, 3.63) is 53.8 Å². The van der Waals surface area contributed by atoms with Gasteiger partial charge in [-0.25, -0.2) is 0 Å². The third-order valence-corrected chi connectivity index (χ3v) is 5.67. The minimum atomic E-state index is -0.435. The number of nitrogens with zero attached hydrogens (tertiary/aromatic N) is 1. The highest BCUT2D eigenvalue weighted by Gasteiger charge is 2.63. The highest BCUT2D eigenvalue weighted by Crippen LogP contribution is 2.52. The van der Waals surface area contributed by atoms with Crippen LogP contribution in [-0.4, -0.2) is 78.5 Å². The summed E-state index contributed by atoms with van der Waals surface area (Å²) < 4.78 is 21.5. The number of hydroxylamine groups is 2. The second-order valence-electron chi connectivity index (χ2n) is 7.98. The second-order valence-corrected chi connectivity index (χ2v) is 7.98. The van der Waals surface area contributed by atoms with Gasteiger partial charge in [-0.2, -0.15) is 4.84 Å². The van der Waals surface area contributed by atoms with Crippen molar-refractivity contribution in [2.24, 2.45) is 0 Å². The van der Waals surface area contributed by atoms with Crippen molar-refractivity contribution in [1.29, 1.82) is 0 Å². The number of hydrogen-bond donors (Lipinski definition) is 1. The molecular weight excluding hydrogens is 412 g/mol. The van der Waals surface area contributed by atoms with Crippen LogP contribution in [0.15, 0.2) is 53.8 Å². The first-order valence-corrected chi connectivity index (χ1v) is 11.0. The number of benzene rings is 1. The Hall–Kier alpha value is -2.07. The van der Waals surface area contributed by atoms with Gasteiger partial charge in [-0.3, -0.25) is 4.79 Å². The average molecular weight is 448 g/mol. The lowest BCUT2D eigenvalue weighted by molar-refractivity contribution is -0.292. The van der Waals surface area contributed by atoms with Crippen LogP contribution in [0.25, 0.3) is 0 Å². The summed E-state index contributed by atoms with van der Waals surface area (Å²) in [5.41, 5.74) is 2.29. The van der Waals surface area contributed by atoms with Gasteiger partial charge in [0.2, 0.25) is 5.60 Å². The summed E-state index contributed by atoms with van der Waals surface area (Å²) in [4.78, 5) is 19.2. The summed E-state index contributed by atoms with van der Waals surface area (Å²) >= 11 is 0. The Morgan fingerprint density at radius 2 is 1.72 bits per heavy atom. The van der Waals surface area contributed by atoms with Gasteiger partial charge in [-0.15, -0.1) is 4.65 Å². The Labute approximate surface area is 190 Å². The Morgan fingerprint density at radius 1 is 1.03 bits per heavy atom. The smallest absolute Gasteiger partial charge is 0.251 e. The van der Waals surface area contributed by atoms with Gasteiger partial charge in [0, 0.05) is 51.0 Å². The number of rotatable bonds is 14. The van der Waals surface area contributed by atoms with Crippen molar-refractivity contribution < 1.29 is 28.6 Å². The molecule has 2 unspecified atom stereocenters. The number of carbonyl (C=O) groups excluding carboxylic acids is 1. The first-order valence-electron chi connectivity index (χ1n) is 11.0. The molecule has 1 N–H and O–H groups in total. The fourth-order valence-electron chi connectivity index (χ4n) is 4.03. The number of amides is 1. The maximum atomic E-state index is 12.6. The van der Waals surface area contributed by atoms with Crippen molar-refractivity contribution in [3.8, 4) is 0 Å². The van der Waals surface area contributed by atoms with E-state index >= 15 is 0 Å². The molecule has 1 aromatic rings. The highest BCUT2D eigenvalue weighted by atomic mass is 16.8. The normalized spacial score (nSPS) is 24.2. The molecule has 0 bridgehead atoms. The Kier molecular flexibility index (Phi) is 8.98. The quantitative estimate of drug-likeness (QED) is 0.349. The van der Waals surface area contributed by atoms with Crippen LogP contribution in [0.2, 0.25) is 0 Å². The number of carbonyl (C=O) groups is 1. The van der Waals surface area contributed by atoms with E-state index in [0.717, 1.165) is 11.4 Å². The summed E-state index contributed by atoms with van der Waals surface area (Å²) in [6, 6.07) is 10.1. The Bertz CT molecular complexity index is 812. The van der Waals surface area contributed by atoms with Crippen molar-refractivity contribution in [3.63, 3.8) is 0 Å². The molecule has 1 aliphatic heterocycles. The molecule has 2 aliphatic rings. The molecule has 0 saturated carbocycles. The van der Waals surface area contributed by atoms with E-state index in [9.17, 15) is 4.79 Å². The summed E-state index contributed by atoms with van der Waals surface area (Å²) in [5, 5.41) is 2.90. The molecule has 2 atom stereocenters. The molecule has 0 radical (unpaired) electrons. The molecule has 32 heavy (non-hydrogen) atoms. The number of fused-ring (bicyclic) bond motifs is 1. The summed E-state index contributed by atoms with van der Waals surface area (Å²) in [7, 11) is 3.27. The largest absolute Gasteiger partial charge is 0.383 e. The monoisotopic (exact) mass is 447 g/mol. The maximum absolute atomic E-state index is 12.6. The third kappa shape index (κ3) is 5.64. The molecule has 1 amide bonds. The lowest BCUT2D eigenvalue weighted by atomic mass is 9.85. The van der Waals surface area contributed by atoms with E-state index in [2.05, 4.69) is 12.2 Å². The van der Waals surface area contributed by atoms with Crippen LogP contribution in [0.3, 0.4) is 0 Å². The number of para-hydroxylation sites is 1. The van der Waals surface area contributed by atoms with Crippen LogP contribution in [-0.2, 0) is 28.6 Å².